The van der Waals surface area contributed by atoms with Crippen LogP contribution in [0, 0.1) is 0 Å². The summed E-state index contributed by atoms with van der Waals surface area (Å²) in [5.41, 5.74) is 1.50. The number of para-hydroxylation sites is 1. The first-order valence-corrected chi connectivity index (χ1v) is 7.69. The molecule has 126 valence electrons. The van der Waals surface area contributed by atoms with Gasteiger partial charge in [0.2, 0.25) is 0 Å². The van der Waals surface area contributed by atoms with Crippen LogP contribution in [0.1, 0.15) is 15.9 Å². The van der Waals surface area contributed by atoms with E-state index in [0.29, 0.717) is 25.3 Å². The molecule has 0 unspecified atom stereocenters. The minimum Gasteiger partial charge on any atom is -0.492 e. The molecule has 6 nitrogen and oxygen atoms in total. The SMILES string of the molecule is CNC(=O)c1ccc(CNC(=O)NCCOc2ccccc2)cc1. The third-order valence-corrected chi connectivity index (χ3v) is 3.30. The lowest BCUT2D eigenvalue weighted by Gasteiger charge is -2.09. The Balaban J connectivity index is 1.65. The van der Waals surface area contributed by atoms with Gasteiger partial charge in [-0.1, -0.05) is 30.3 Å². The van der Waals surface area contributed by atoms with Crippen LogP contribution in [0.4, 0.5) is 4.79 Å². The first-order chi connectivity index (χ1) is 11.7. The molecule has 0 bridgehead atoms. The highest BCUT2D eigenvalue weighted by Crippen LogP contribution is 2.07. The highest BCUT2D eigenvalue weighted by Gasteiger charge is 2.03. The van der Waals surface area contributed by atoms with Gasteiger partial charge in [-0.2, -0.15) is 0 Å². The molecule has 0 saturated carbocycles. The maximum Gasteiger partial charge on any atom is 0.315 e. The first-order valence-electron chi connectivity index (χ1n) is 7.69. The lowest BCUT2D eigenvalue weighted by Crippen LogP contribution is -2.37. The summed E-state index contributed by atoms with van der Waals surface area (Å²) in [5.74, 6) is 0.640. The minimum atomic E-state index is -0.262. The number of benzene rings is 2. The molecular formula is C18H21N3O3. The Morgan fingerprint density at radius 1 is 0.958 bits per heavy atom. The number of ether oxygens (including phenoxy) is 1. The van der Waals surface area contributed by atoms with E-state index < -0.39 is 0 Å². The standard InChI is InChI=1S/C18H21N3O3/c1-19-17(22)15-9-7-14(8-10-15)13-21-18(23)20-11-12-24-16-5-3-2-4-6-16/h2-10H,11-13H2,1H3,(H,19,22)(H2,20,21,23). The fraction of sp³-hybridized carbons (Fsp3) is 0.222. The van der Waals surface area contributed by atoms with Crippen molar-refractivity contribution in [2.75, 3.05) is 20.2 Å². The van der Waals surface area contributed by atoms with E-state index in [0.717, 1.165) is 11.3 Å². The van der Waals surface area contributed by atoms with Gasteiger partial charge in [0, 0.05) is 19.2 Å². The Morgan fingerprint density at radius 2 is 1.67 bits per heavy atom. The third kappa shape index (κ3) is 5.64. The van der Waals surface area contributed by atoms with Crippen molar-refractivity contribution >= 4 is 11.9 Å². The molecule has 6 heteroatoms. The summed E-state index contributed by atoms with van der Waals surface area (Å²) >= 11 is 0. The topological polar surface area (TPSA) is 79.5 Å². The van der Waals surface area contributed by atoms with E-state index in [2.05, 4.69) is 16.0 Å². The maximum atomic E-state index is 11.7. The summed E-state index contributed by atoms with van der Waals surface area (Å²) in [6.45, 7) is 1.20. The molecule has 24 heavy (non-hydrogen) atoms. The van der Waals surface area contributed by atoms with Crippen LogP contribution >= 0.6 is 0 Å². The highest BCUT2D eigenvalue weighted by atomic mass is 16.5. The Bertz CT molecular complexity index is 657. The Kier molecular flexibility index (Phi) is 6.64. The fourth-order valence-electron chi connectivity index (χ4n) is 2.01. The second-order valence-corrected chi connectivity index (χ2v) is 5.05. The number of amides is 3. The Morgan fingerprint density at radius 3 is 2.33 bits per heavy atom. The molecule has 0 fully saturated rings. The second kappa shape index (κ2) is 9.19. The maximum absolute atomic E-state index is 11.7. The van der Waals surface area contributed by atoms with Crippen molar-refractivity contribution in [3.63, 3.8) is 0 Å². The van der Waals surface area contributed by atoms with E-state index >= 15 is 0 Å². The van der Waals surface area contributed by atoms with Crippen LogP contribution < -0.4 is 20.7 Å². The van der Waals surface area contributed by atoms with Gasteiger partial charge >= 0.3 is 6.03 Å². The van der Waals surface area contributed by atoms with Crippen molar-refractivity contribution in [3.8, 4) is 5.75 Å². The van der Waals surface area contributed by atoms with E-state index in [-0.39, 0.29) is 11.9 Å². The predicted molar refractivity (Wildman–Crippen MR) is 92.0 cm³/mol. The zero-order valence-electron chi connectivity index (χ0n) is 13.5. The van der Waals surface area contributed by atoms with E-state index in [4.69, 9.17) is 4.74 Å². The number of rotatable bonds is 7. The highest BCUT2D eigenvalue weighted by molar-refractivity contribution is 5.93. The van der Waals surface area contributed by atoms with Gasteiger partial charge in [0.15, 0.2) is 0 Å². The molecular weight excluding hydrogens is 306 g/mol. The number of carbonyl (C=O) groups is 2. The molecule has 0 heterocycles. The summed E-state index contributed by atoms with van der Waals surface area (Å²) in [6.07, 6.45) is 0. The molecule has 0 aliphatic carbocycles. The van der Waals surface area contributed by atoms with E-state index in [1.807, 2.05) is 42.5 Å². The summed E-state index contributed by atoms with van der Waals surface area (Å²) in [5, 5.41) is 8.04. The first kappa shape index (κ1) is 17.3. The van der Waals surface area contributed by atoms with Gasteiger partial charge in [-0.25, -0.2) is 4.79 Å². The molecule has 2 aromatic carbocycles. The summed E-state index contributed by atoms with van der Waals surface area (Å²) in [7, 11) is 1.59. The van der Waals surface area contributed by atoms with Crippen LogP contribution in [-0.2, 0) is 6.54 Å². The van der Waals surface area contributed by atoms with E-state index in [9.17, 15) is 9.59 Å². The van der Waals surface area contributed by atoms with Crippen LogP contribution in [0.2, 0.25) is 0 Å². The van der Waals surface area contributed by atoms with Crippen molar-refractivity contribution < 1.29 is 14.3 Å². The predicted octanol–water partition coefficient (Wildman–Crippen LogP) is 1.92. The van der Waals surface area contributed by atoms with Gasteiger partial charge in [-0.05, 0) is 29.8 Å². The van der Waals surface area contributed by atoms with Gasteiger partial charge < -0.3 is 20.7 Å². The van der Waals surface area contributed by atoms with Gasteiger partial charge in [-0.3, -0.25) is 4.79 Å². The zero-order chi connectivity index (χ0) is 17.2. The largest absolute Gasteiger partial charge is 0.492 e. The monoisotopic (exact) mass is 327 g/mol. The normalized spacial score (nSPS) is 9.88. The fourth-order valence-corrected chi connectivity index (χ4v) is 2.01. The van der Waals surface area contributed by atoms with Crippen molar-refractivity contribution in [1.29, 1.82) is 0 Å². The zero-order valence-corrected chi connectivity index (χ0v) is 13.5. The Hall–Kier alpha value is -3.02. The van der Waals surface area contributed by atoms with Crippen LogP contribution in [0.15, 0.2) is 54.6 Å². The lowest BCUT2D eigenvalue weighted by atomic mass is 10.1. The average Bonchev–Trinajstić information content (AvgIpc) is 2.64. The third-order valence-electron chi connectivity index (χ3n) is 3.30. The molecule has 0 aromatic heterocycles. The molecule has 0 aliphatic rings. The van der Waals surface area contributed by atoms with Crippen LogP contribution in [-0.4, -0.2) is 32.1 Å². The molecule has 2 rings (SSSR count). The number of urea groups is 1. The molecule has 0 aliphatic heterocycles. The van der Waals surface area contributed by atoms with E-state index in [1.54, 1.807) is 19.2 Å². The molecule has 0 radical (unpaired) electrons. The van der Waals surface area contributed by atoms with Gasteiger partial charge in [0.05, 0.1) is 6.54 Å². The summed E-state index contributed by atoms with van der Waals surface area (Å²) in [4.78, 5) is 23.1. The van der Waals surface area contributed by atoms with E-state index in [1.165, 1.54) is 0 Å². The molecule has 0 atom stereocenters. The van der Waals surface area contributed by atoms with Gasteiger partial charge in [0.1, 0.15) is 12.4 Å². The number of carbonyl (C=O) groups excluding carboxylic acids is 2. The number of hydrogen-bond donors (Lipinski definition) is 3. The molecule has 3 amide bonds. The van der Waals surface area contributed by atoms with Gasteiger partial charge in [-0.15, -0.1) is 0 Å². The van der Waals surface area contributed by atoms with Crippen molar-refractivity contribution in [2.24, 2.45) is 0 Å². The summed E-state index contributed by atoms with van der Waals surface area (Å²) in [6, 6.07) is 16.2. The Labute approximate surface area is 141 Å². The van der Waals surface area contributed by atoms with Gasteiger partial charge in [0.25, 0.3) is 5.91 Å². The van der Waals surface area contributed by atoms with Crippen LogP contribution in [0.25, 0.3) is 0 Å². The smallest absolute Gasteiger partial charge is 0.315 e. The summed E-state index contributed by atoms with van der Waals surface area (Å²) < 4.78 is 5.49. The second-order valence-electron chi connectivity index (χ2n) is 5.05. The number of nitrogens with one attached hydrogen (secondary N) is 3. The van der Waals surface area contributed by atoms with Crippen molar-refractivity contribution in [3.05, 3.63) is 65.7 Å². The lowest BCUT2D eigenvalue weighted by molar-refractivity contribution is 0.0963. The van der Waals surface area contributed by atoms with Crippen molar-refractivity contribution in [1.82, 2.24) is 16.0 Å². The van der Waals surface area contributed by atoms with Crippen molar-refractivity contribution in [2.45, 2.75) is 6.54 Å². The quantitative estimate of drug-likeness (QED) is 0.680. The van der Waals surface area contributed by atoms with Crippen LogP contribution in [0.3, 0.4) is 0 Å². The van der Waals surface area contributed by atoms with Crippen LogP contribution in [0.5, 0.6) is 5.75 Å². The molecule has 0 spiro atoms. The molecule has 0 saturated heterocycles. The average molecular weight is 327 g/mol. The molecule has 2 aromatic rings. The minimum absolute atomic E-state index is 0.134. The number of hydrogen-bond acceptors (Lipinski definition) is 3. The molecule has 3 N–H and O–H groups in total.